The number of nitriles is 1. The molecular weight excluding hydrogens is 438 g/mol. The van der Waals surface area contributed by atoms with E-state index in [1.165, 1.54) is 12.1 Å². The van der Waals surface area contributed by atoms with Crippen LogP contribution in [0.3, 0.4) is 0 Å². The fourth-order valence-corrected chi connectivity index (χ4v) is 1.34. The van der Waals surface area contributed by atoms with Gasteiger partial charge in [0.25, 0.3) is 11.6 Å². The largest absolute Gasteiger partial charge is 0.322 e. The van der Waals surface area contributed by atoms with E-state index in [9.17, 15) is 14.9 Å². The van der Waals surface area contributed by atoms with Gasteiger partial charge in [0, 0.05) is 12.1 Å². The summed E-state index contributed by atoms with van der Waals surface area (Å²) in [5.74, 6) is -0.507. The summed E-state index contributed by atoms with van der Waals surface area (Å²) in [5, 5.41) is 21.9. The van der Waals surface area contributed by atoms with Crippen molar-refractivity contribution in [3.05, 3.63) is 33.9 Å². The minimum atomic E-state index is -1.17. The van der Waals surface area contributed by atoms with E-state index in [-0.39, 0.29) is 16.9 Å². The van der Waals surface area contributed by atoms with Gasteiger partial charge in [-0.15, -0.1) is 0 Å². The number of hydrogen-bond donors (Lipinski definition) is 1. The van der Waals surface area contributed by atoms with E-state index in [1.807, 2.05) is 0 Å². The normalized spacial score (nSPS) is 10.6. The molecule has 0 spiro atoms. The smallest absolute Gasteiger partial charge is 0.270 e. The van der Waals surface area contributed by atoms with Crippen molar-refractivity contribution >= 4 is 65.1 Å². The van der Waals surface area contributed by atoms with Gasteiger partial charge in [0.1, 0.15) is 6.07 Å². The fraction of sp³-hybridized carbons (Fsp3) is 0.111. The third-order valence-corrected chi connectivity index (χ3v) is 2.92. The van der Waals surface area contributed by atoms with Crippen LogP contribution in [-0.2, 0) is 4.79 Å². The van der Waals surface area contributed by atoms with Crippen molar-refractivity contribution in [2.45, 2.75) is 2.14 Å². The summed E-state index contributed by atoms with van der Waals surface area (Å²) in [6.07, 6.45) is 0. The molecule has 0 bridgehead atoms. The van der Waals surface area contributed by atoms with Crippen molar-refractivity contribution in [3.8, 4) is 6.07 Å². The van der Waals surface area contributed by atoms with Gasteiger partial charge in [0.05, 0.1) is 16.2 Å². The number of benzene rings is 1. The van der Waals surface area contributed by atoms with Crippen LogP contribution in [0.15, 0.2) is 18.2 Å². The first-order valence-electron chi connectivity index (χ1n) is 4.32. The number of nitrogens with one attached hydrogen (secondary N) is 1. The maximum Gasteiger partial charge on any atom is 0.270 e. The number of nitrogens with zero attached hydrogens (tertiary/aromatic N) is 2. The number of nitro benzene ring substituents is 1. The molecule has 9 heteroatoms. The monoisotopic (exact) mass is 439 g/mol. The van der Waals surface area contributed by atoms with Gasteiger partial charge >= 0.3 is 0 Å². The van der Waals surface area contributed by atoms with E-state index in [0.29, 0.717) is 0 Å². The molecular formula is C9H4Br3N3O3. The first-order valence-corrected chi connectivity index (χ1v) is 6.70. The highest BCUT2D eigenvalue weighted by atomic mass is 80.0. The van der Waals surface area contributed by atoms with E-state index in [2.05, 4.69) is 53.1 Å². The SMILES string of the molecule is N#Cc1cc([N+](=O)[O-])ccc1NC(=O)C(Br)(Br)Br. The van der Waals surface area contributed by atoms with Crippen LogP contribution in [-0.4, -0.2) is 13.0 Å². The molecule has 0 unspecified atom stereocenters. The molecule has 0 aliphatic rings. The molecule has 0 heterocycles. The van der Waals surface area contributed by atoms with Gasteiger partial charge in [0.15, 0.2) is 0 Å². The first-order chi connectivity index (χ1) is 8.25. The molecule has 0 fully saturated rings. The van der Waals surface area contributed by atoms with Crippen molar-refractivity contribution in [1.82, 2.24) is 0 Å². The quantitative estimate of drug-likeness (QED) is 0.433. The number of carbonyl (C=O) groups is 1. The molecule has 0 radical (unpaired) electrons. The molecule has 1 aromatic carbocycles. The molecule has 0 saturated heterocycles. The minimum absolute atomic E-state index is 0.00861. The number of amides is 1. The Bertz CT molecular complexity index is 548. The van der Waals surface area contributed by atoms with Gasteiger partial charge in [0.2, 0.25) is 2.14 Å². The van der Waals surface area contributed by atoms with Crippen LogP contribution in [0.25, 0.3) is 0 Å². The van der Waals surface area contributed by atoms with Crippen molar-refractivity contribution < 1.29 is 9.72 Å². The highest BCUT2D eigenvalue weighted by Crippen LogP contribution is 2.35. The third-order valence-electron chi connectivity index (χ3n) is 1.84. The highest BCUT2D eigenvalue weighted by molar-refractivity contribution is 9.40. The number of halogens is 3. The van der Waals surface area contributed by atoms with Gasteiger partial charge in [-0.05, 0) is 53.9 Å². The van der Waals surface area contributed by atoms with Crippen LogP contribution in [0, 0.1) is 21.4 Å². The van der Waals surface area contributed by atoms with Crippen LogP contribution in [0.4, 0.5) is 11.4 Å². The lowest BCUT2D eigenvalue weighted by atomic mass is 10.1. The van der Waals surface area contributed by atoms with Gasteiger partial charge in [-0.1, -0.05) is 0 Å². The zero-order valence-electron chi connectivity index (χ0n) is 8.49. The van der Waals surface area contributed by atoms with Gasteiger partial charge < -0.3 is 5.32 Å². The molecule has 1 amide bonds. The van der Waals surface area contributed by atoms with E-state index < -0.39 is 13.0 Å². The molecule has 6 nitrogen and oxygen atoms in total. The standard InChI is InChI=1S/C9H4Br3N3O3/c10-9(11,12)8(16)14-7-2-1-6(15(17)18)3-5(7)4-13/h1-3H,(H,14,16). The molecule has 1 rings (SSSR count). The summed E-state index contributed by atoms with van der Waals surface area (Å²) in [5.41, 5.74) is -0.0162. The summed E-state index contributed by atoms with van der Waals surface area (Å²) < 4.78 is -1.17. The Morgan fingerprint density at radius 2 is 2.06 bits per heavy atom. The predicted molar refractivity (Wildman–Crippen MR) is 76.0 cm³/mol. The van der Waals surface area contributed by atoms with E-state index in [1.54, 1.807) is 6.07 Å². The average molecular weight is 442 g/mol. The fourth-order valence-electron chi connectivity index (χ4n) is 1.04. The Hall–Kier alpha value is -0.980. The Morgan fingerprint density at radius 1 is 1.44 bits per heavy atom. The summed E-state index contributed by atoms with van der Waals surface area (Å²) >= 11 is 9.05. The second kappa shape index (κ2) is 5.77. The second-order valence-electron chi connectivity index (χ2n) is 3.05. The lowest BCUT2D eigenvalue weighted by molar-refractivity contribution is -0.384. The molecule has 0 aliphatic carbocycles. The number of nitro groups is 1. The number of hydrogen-bond acceptors (Lipinski definition) is 4. The summed E-state index contributed by atoms with van der Waals surface area (Å²) in [4.78, 5) is 21.6. The zero-order valence-corrected chi connectivity index (χ0v) is 13.2. The van der Waals surface area contributed by atoms with Crippen molar-refractivity contribution in [2.24, 2.45) is 0 Å². The number of non-ortho nitro benzene ring substituents is 1. The molecule has 0 atom stereocenters. The van der Waals surface area contributed by atoms with Crippen LogP contribution >= 0.6 is 47.8 Å². The zero-order chi connectivity index (χ0) is 13.9. The van der Waals surface area contributed by atoms with Gasteiger partial charge in [-0.2, -0.15) is 5.26 Å². The predicted octanol–water partition coefficient (Wildman–Crippen LogP) is 3.24. The first kappa shape index (κ1) is 15.1. The number of anilines is 1. The number of alkyl halides is 3. The van der Waals surface area contributed by atoms with Crippen molar-refractivity contribution in [2.75, 3.05) is 5.32 Å². The van der Waals surface area contributed by atoms with E-state index >= 15 is 0 Å². The molecule has 1 aromatic rings. The second-order valence-corrected chi connectivity index (χ2v) is 9.81. The maximum absolute atomic E-state index is 11.6. The van der Waals surface area contributed by atoms with E-state index in [0.717, 1.165) is 6.07 Å². The molecule has 0 saturated carbocycles. The Morgan fingerprint density at radius 3 is 2.50 bits per heavy atom. The van der Waals surface area contributed by atoms with Crippen molar-refractivity contribution in [3.63, 3.8) is 0 Å². The molecule has 0 aromatic heterocycles. The molecule has 94 valence electrons. The average Bonchev–Trinajstić information content (AvgIpc) is 2.27. The van der Waals surface area contributed by atoms with Crippen LogP contribution < -0.4 is 5.32 Å². The topological polar surface area (TPSA) is 96.0 Å². The Balaban J connectivity index is 3.09. The number of rotatable bonds is 2. The lowest BCUT2D eigenvalue weighted by Crippen LogP contribution is -2.25. The van der Waals surface area contributed by atoms with Gasteiger partial charge in [-0.3, -0.25) is 14.9 Å². The Kier molecular flexibility index (Phi) is 4.84. The molecule has 0 aliphatic heterocycles. The summed E-state index contributed by atoms with van der Waals surface area (Å²) in [6.45, 7) is 0. The summed E-state index contributed by atoms with van der Waals surface area (Å²) in [6, 6.07) is 5.38. The summed E-state index contributed by atoms with van der Waals surface area (Å²) in [7, 11) is 0. The highest BCUT2D eigenvalue weighted by Gasteiger charge is 2.29. The lowest BCUT2D eigenvalue weighted by Gasteiger charge is -2.13. The third kappa shape index (κ3) is 3.76. The van der Waals surface area contributed by atoms with E-state index in [4.69, 9.17) is 5.26 Å². The van der Waals surface area contributed by atoms with Crippen LogP contribution in [0.1, 0.15) is 5.56 Å². The van der Waals surface area contributed by atoms with Crippen molar-refractivity contribution in [1.29, 1.82) is 5.26 Å². The van der Waals surface area contributed by atoms with Crippen LogP contribution in [0.5, 0.6) is 0 Å². The molecule has 1 N–H and O–H groups in total. The maximum atomic E-state index is 11.6. The van der Waals surface area contributed by atoms with Crippen LogP contribution in [0.2, 0.25) is 0 Å². The number of carbonyl (C=O) groups excluding carboxylic acids is 1. The van der Waals surface area contributed by atoms with Gasteiger partial charge in [-0.25, -0.2) is 0 Å². The minimum Gasteiger partial charge on any atom is -0.322 e. The molecule has 18 heavy (non-hydrogen) atoms. The Labute approximate surface area is 127 Å².